The van der Waals surface area contributed by atoms with E-state index in [1.807, 2.05) is 36.0 Å². The fourth-order valence-corrected chi connectivity index (χ4v) is 5.05. The van der Waals surface area contributed by atoms with Crippen molar-refractivity contribution < 1.29 is 9.53 Å². The van der Waals surface area contributed by atoms with Gasteiger partial charge in [-0.3, -0.25) is 9.69 Å². The smallest absolute Gasteiger partial charge is 0.140 e. The second kappa shape index (κ2) is 9.01. The predicted molar refractivity (Wildman–Crippen MR) is 116 cm³/mol. The van der Waals surface area contributed by atoms with E-state index in [4.69, 9.17) is 4.74 Å². The largest absolute Gasteiger partial charge is 0.484 e. The van der Waals surface area contributed by atoms with Crippen LogP contribution in [-0.2, 0) is 11.2 Å². The van der Waals surface area contributed by atoms with Crippen LogP contribution < -0.4 is 10.1 Å². The summed E-state index contributed by atoms with van der Waals surface area (Å²) in [5.41, 5.74) is 3.73. The Morgan fingerprint density at radius 1 is 1.18 bits per heavy atom. The van der Waals surface area contributed by atoms with Crippen LogP contribution in [0.15, 0.2) is 48.5 Å². The summed E-state index contributed by atoms with van der Waals surface area (Å²) in [7, 11) is 0. The van der Waals surface area contributed by atoms with Gasteiger partial charge in [-0.2, -0.15) is 11.8 Å². The summed E-state index contributed by atoms with van der Waals surface area (Å²) in [5.74, 6) is 3.49. The lowest BCUT2D eigenvalue weighted by molar-refractivity contribution is -0.116. The number of Topliss-reactive ketones (excluding diaryl/α,β-unsaturated/α-hetero) is 1. The van der Waals surface area contributed by atoms with E-state index >= 15 is 0 Å². The molecule has 2 unspecified atom stereocenters. The van der Waals surface area contributed by atoms with Gasteiger partial charge in [0.2, 0.25) is 0 Å². The zero-order valence-electron chi connectivity index (χ0n) is 16.4. The summed E-state index contributed by atoms with van der Waals surface area (Å²) in [6, 6.07) is 17.2. The minimum absolute atomic E-state index is 0.0618. The lowest BCUT2D eigenvalue weighted by Gasteiger charge is -2.35. The number of thioether (sulfide) groups is 1. The highest BCUT2D eigenvalue weighted by Gasteiger charge is 2.38. The molecule has 2 aromatic rings. The van der Waals surface area contributed by atoms with Crippen molar-refractivity contribution in [1.82, 2.24) is 4.90 Å². The van der Waals surface area contributed by atoms with Gasteiger partial charge in [0.25, 0.3) is 0 Å². The van der Waals surface area contributed by atoms with Gasteiger partial charge < -0.3 is 10.1 Å². The molecule has 1 heterocycles. The van der Waals surface area contributed by atoms with Gasteiger partial charge in [0.05, 0.1) is 6.04 Å². The fourth-order valence-electron chi connectivity index (χ4n) is 4.12. The number of nitrogens with zero attached hydrogens (tertiary/aromatic N) is 1. The lowest BCUT2D eigenvalue weighted by Crippen LogP contribution is -2.44. The van der Waals surface area contributed by atoms with E-state index in [9.17, 15) is 4.79 Å². The fraction of sp³-hybridized carbons (Fsp3) is 0.435. The third kappa shape index (κ3) is 4.53. The molecular weight excluding hydrogens is 368 g/mol. The molecule has 0 bridgehead atoms. The van der Waals surface area contributed by atoms with Crippen molar-refractivity contribution in [3.05, 3.63) is 59.7 Å². The Morgan fingerprint density at radius 3 is 2.82 bits per heavy atom. The Morgan fingerprint density at radius 2 is 2.00 bits per heavy atom. The molecule has 1 saturated heterocycles. The van der Waals surface area contributed by atoms with E-state index in [0.717, 1.165) is 30.9 Å². The van der Waals surface area contributed by atoms with Gasteiger partial charge in [0, 0.05) is 49.3 Å². The van der Waals surface area contributed by atoms with Crippen molar-refractivity contribution >= 4 is 23.2 Å². The highest BCUT2D eigenvalue weighted by Crippen LogP contribution is 2.39. The molecule has 0 spiro atoms. The molecule has 4 rings (SSSR count). The summed E-state index contributed by atoms with van der Waals surface area (Å²) in [4.78, 5) is 13.8. The molecular formula is C23H28N2O2S. The van der Waals surface area contributed by atoms with Gasteiger partial charge in [-0.15, -0.1) is 0 Å². The molecule has 2 atom stereocenters. The Bertz CT molecular complexity index is 820. The maximum Gasteiger partial charge on any atom is 0.140 e. The number of nitrogens with one attached hydrogen (secondary N) is 1. The van der Waals surface area contributed by atoms with Crippen LogP contribution in [0.5, 0.6) is 5.75 Å². The quantitative estimate of drug-likeness (QED) is 0.761. The number of carbonyl (C=O) groups excluding carboxylic acids is 1. The van der Waals surface area contributed by atoms with Crippen LogP contribution >= 0.6 is 11.8 Å². The third-order valence-electron chi connectivity index (χ3n) is 5.56. The van der Waals surface area contributed by atoms with Crippen LogP contribution in [-0.4, -0.2) is 47.9 Å². The number of rotatable bonds is 7. The number of hydrogen-bond donors (Lipinski definition) is 1. The molecule has 2 aliphatic rings. The minimum atomic E-state index is 0.0618. The average molecular weight is 397 g/mol. The van der Waals surface area contributed by atoms with Gasteiger partial charge >= 0.3 is 0 Å². The third-order valence-corrected chi connectivity index (χ3v) is 6.50. The topological polar surface area (TPSA) is 41.6 Å². The predicted octanol–water partition coefficient (Wildman–Crippen LogP) is 4.17. The standard InChI is InChI=1S/C23H28N2O2S/c1-17(26)9-10-24-19-6-4-7-20(16-19)27-23-21-8-3-2-5-18(21)15-22(23)25-11-13-28-14-12-25/h2-8,16,22-24H,9-15H2,1H3. The highest BCUT2D eigenvalue weighted by molar-refractivity contribution is 7.99. The maximum atomic E-state index is 11.2. The Hall–Kier alpha value is -1.98. The Balaban J connectivity index is 1.51. The number of ketones is 1. The van der Waals surface area contributed by atoms with Gasteiger partial charge in [0.15, 0.2) is 0 Å². The van der Waals surface area contributed by atoms with E-state index in [0.29, 0.717) is 19.0 Å². The van der Waals surface area contributed by atoms with E-state index < -0.39 is 0 Å². The molecule has 28 heavy (non-hydrogen) atoms. The van der Waals surface area contributed by atoms with E-state index in [1.165, 1.54) is 22.6 Å². The van der Waals surface area contributed by atoms with Crippen molar-refractivity contribution in [2.75, 3.05) is 36.5 Å². The Labute approximate surface area is 171 Å². The average Bonchev–Trinajstić information content (AvgIpc) is 3.07. The molecule has 0 radical (unpaired) electrons. The highest BCUT2D eigenvalue weighted by atomic mass is 32.2. The molecule has 2 aromatic carbocycles. The summed E-state index contributed by atoms with van der Waals surface area (Å²) in [6.45, 7) is 4.54. The molecule has 5 heteroatoms. The van der Waals surface area contributed by atoms with Crippen LogP contribution in [0, 0.1) is 0 Å². The van der Waals surface area contributed by atoms with Gasteiger partial charge in [-0.05, 0) is 36.6 Å². The van der Waals surface area contributed by atoms with Crippen molar-refractivity contribution in [3.63, 3.8) is 0 Å². The van der Waals surface area contributed by atoms with Crippen LogP contribution in [0.3, 0.4) is 0 Å². The lowest BCUT2D eigenvalue weighted by atomic mass is 10.1. The van der Waals surface area contributed by atoms with E-state index in [-0.39, 0.29) is 11.9 Å². The molecule has 1 aliphatic carbocycles. The van der Waals surface area contributed by atoms with Gasteiger partial charge in [0.1, 0.15) is 17.6 Å². The van der Waals surface area contributed by atoms with Crippen LogP contribution in [0.1, 0.15) is 30.6 Å². The normalized spacial score (nSPS) is 21.9. The SMILES string of the molecule is CC(=O)CCNc1cccc(OC2c3ccccc3CC2N2CCSCC2)c1. The number of carbonyl (C=O) groups is 1. The zero-order chi connectivity index (χ0) is 19.3. The van der Waals surface area contributed by atoms with Crippen molar-refractivity contribution in [1.29, 1.82) is 0 Å². The molecule has 0 aromatic heterocycles. The summed E-state index contributed by atoms with van der Waals surface area (Å²) in [6.07, 6.45) is 1.66. The molecule has 0 amide bonds. The van der Waals surface area contributed by atoms with Crippen molar-refractivity contribution in [2.24, 2.45) is 0 Å². The van der Waals surface area contributed by atoms with Crippen molar-refractivity contribution in [2.45, 2.75) is 31.9 Å². The summed E-state index contributed by atoms with van der Waals surface area (Å²) >= 11 is 2.04. The minimum Gasteiger partial charge on any atom is -0.484 e. The molecule has 0 saturated carbocycles. The van der Waals surface area contributed by atoms with Gasteiger partial charge in [-0.25, -0.2) is 0 Å². The van der Waals surface area contributed by atoms with E-state index in [2.05, 4.69) is 34.5 Å². The molecule has 1 fully saturated rings. The first kappa shape index (κ1) is 19.3. The van der Waals surface area contributed by atoms with Crippen LogP contribution in [0.2, 0.25) is 0 Å². The molecule has 1 N–H and O–H groups in total. The second-order valence-corrected chi connectivity index (χ2v) is 8.79. The zero-order valence-corrected chi connectivity index (χ0v) is 17.2. The summed E-state index contributed by atoms with van der Waals surface area (Å²) < 4.78 is 6.58. The number of benzene rings is 2. The molecule has 4 nitrogen and oxygen atoms in total. The van der Waals surface area contributed by atoms with Crippen LogP contribution in [0.25, 0.3) is 0 Å². The second-order valence-electron chi connectivity index (χ2n) is 7.56. The van der Waals surface area contributed by atoms with Crippen molar-refractivity contribution in [3.8, 4) is 5.75 Å². The molecule has 1 aliphatic heterocycles. The number of hydrogen-bond acceptors (Lipinski definition) is 5. The first-order valence-corrected chi connectivity index (χ1v) is 11.3. The number of fused-ring (bicyclic) bond motifs is 1. The Kier molecular flexibility index (Phi) is 6.23. The number of anilines is 1. The first-order chi connectivity index (χ1) is 13.7. The number of ether oxygens (including phenoxy) is 1. The monoisotopic (exact) mass is 396 g/mol. The maximum absolute atomic E-state index is 11.2. The molecule has 148 valence electrons. The first-order valence-electron chi connectivity index (χ1n) is 10.1. The van der Waals surface area contributed by atoms with E-state index in [1.54, 1.807) is 6.92 Å². The van der Waals surface area contributed by atoms with Crippen LogP contribution in [0.4, 0.5) is 5.69 Å². The summed E-state index contributed by atoms with van der Waals surface area (Å²) in [5, 5.41) is 3.32. The van der Waals surface area contributed by atoms with Gasteiger partial charge in [-0.1, -0.05) is 30.3 Å².